The molecule has 1 saturated carbocycles. The number of nitrogens with zero attached hydrogens (tertiary/aromatic N) is 4. The largest absolute Gasteiger partial charge is 0.573 e. The second-order valence-corrected chi connectivity index (χ2v) is 8.35. The highest BCUT2D eigenvalue weighted by molar-refractivity contribution is 5.95. The molecular weight excluding hydrogens is 411 g/mol. The van der Waals surface area contributed by atoms with E-state index < -0.39 is 6.36 Å². The van der Waals surface area contributed by atoms with Gasteiger partial charge in [0, 0.05) is 43.4 Å². The number of aromatic amines is 1. The molecule has 1 aliphatic carbocycles. The zero-order chi connectivity index (χ0) is 21.8. The number of alkyl halides is 3. The molecule has 0 radical (unpaired) electrons. The van der Waals surface area contributed by atoms with Gasteiger partial charge in [-0.1, -0.05) is 6.07 Å². The maximum Gasteiger partial charge on any atom is 0.573 e. The average Bonchev–Trinajstić information content (AvgIpc) is 3.13. The normalized spacial score (nSPS) is 18.0. The quantitative estimate of drug-likeness (QED) is 0.683. The van der Waals surface area contributed by atoms with Crippen molar-refractivity contribution in [2.24, 2.45) is 5.41 Å². The van der Waals surface area contributed by atoms with E-state index >= 15 is 0 Å². The summed E-state index contributed by atoms with van der Waals surface area (Å²) in [6.07, 6.45) is 0.453. The third kappa shape index (κ3) is 3.55. The molecule has 0 atom stereocenters. The van der Waals surface area contributed by atoms with Gasteiger partial charge in [-0.05, 0) is 37.1 Å². The SMILES string of the molecule is CN(c1ncnc2[nH]ccc12)C1CC2(C1)CN(C(=O)c1cccc(OC(F)(F)F)c1)C2. The molecule has 5 rings (SSSR count). The van der Waals surface area contributed by atoms with Crippen molar-refractivity contribution < 1.29 is 22.7 Å². The van der Waals surface area contributed by atoms with E-state index in [2.05, 4.69) is 24.6 Å². The maximum absolute atomic E-state index is 12.7. The molecule has 1 aromatic carbocycles. The summed E-state index contributed by atoms with van der Waals surface area (Å²) >= 11 is 0. The van der Waals surface area contributed by atoms with Crippen LogP contribution in [0.15, 0.2) is 42.9 Å². The van der Waals surface area contributed by atoms with Gasteiger partial charge in [0.25, 0.3) is 5.91 Å². The molecule has 3 heterocycles. The van der Waals surface area contributed by atoms with Crippen LogP contribution in [-0.2, 0) is 0 Å². The molecule has 1 spiro atoms. The molecule has 2 aliphatic rings. The van der Waals surface area contributed by atoms with Crippen LogP contribution in [0, 0.1) is 5.41 Å². The molecule has 7 nitrogen and oxygen atoms in total. The molecule has 2 aromatic heterocycles. The highest BCUT2D eigenvalue weighted by atomic mass is 19.4. The van der Waals surface area contributed by atoms with E-state index in [9.17, 15) is 18.0 Å². The lowest BCUT2D eigenvalue weighted by Crippen LogP contribution is -2.67. The van der Waals surface area contributed by atoms with Gasteiger partial charge in [-0.3, -0.25) is 4.79 Å². The van der Waals surface area contributed by atoms with Gasteiger partial charge in [-0.15, -0.1) is 13.2 Å². The van der Waals surface area contributed by atoms with Crippen LogP contribution in [0.25, 0.3) is 11.0 Å². The predicted molar refractivity (Wildman–Crippen MR) is 107 cm³/mol. The number of nitrogens with one attached hydrogen (secondary N) is 1. The van der Waals surface area contributed by atoms with Crippen LogP contribution in [0.2, 0.25) is 0 Å². The minimum absolute atomic E-state index is 0.0684. The molecule has 10 heteroatoms. The standard InChI is InChI=1S/C21H20F3N5O2/c1-28(18-16-5-6-25-17(16)26-12-27-18)14-8-20(9-14)10-29(11-20)19(30)13-3-2-4-15(7-13)31-21(22,23)24/h2-7,12,14H,8-11H2,1H3,(H,25,26,27). The number of halogens is 3. The van der Waals surface area contributed by atoms with Gasteiger partial charge >= 0.3 is 6.36 Å². The van der Waals surface area contributed by atoms with Gasteiger partial charge in [0.05, 0.1) is 5.39 Å². The maximum atomic E-state index is 12.7. The fourth-order valence-corrected chi connectivity index (χ4v) is 4.70. The summed E-state index contributed by atoms with van der Waals surface area (Å²) in [5.74, 6) is 0.208. The average molecular weight is 431 g/mol. The first-order valence-electron chi connectivity index (χ1n) is 9.89. The Balaban J connectivity index is 1.20. The summed E-state index contributed by atoms with van der Waals surface area (Å²) in [5.41, 5.74) is 1.06. The van der Waals surface area contributed by atoms with Gasteiger partial charge in [-0.2, -0.15) is 0 Å². The van der Waals surface area contributed by atoms with Crippen molar-refractivity contribution >= 4 is 22.8 Å². The van der Waals surface area contributed by atoms with Crippen molar-refractivity contribution in [2.75, 3.05) is 25.0 Å². The third-order valence-corrected chi connectivity index (χ3v) is 6.21. The van der Waals surface area contributed by atoms with Gasteiger partial charge in [0.1, 0.15) is 23.5 Å². The van der Waals surface area contributed by atoms with Crippen molar-refractivity contribution in [3.63, 3.8) is 0 Å². The van der Waals surface area contributed by atoms with Crippen molar-refractivity contribution in [2.45, 2.75) is 25.2 Å². The Kier molecular flexibility index (Phi) is 4.35. The lowest BCUT2D eigenvalue weighted by Gasteiger charge is -2.60. The number of fused-ring (bicyclic) bond motifs is 1. The number of likely N-dealkylation sites (tertiary alicyclic amines) is 1. The van der Waals surface area contributed by atoms with Crippen molar-refractivity contribution in [1.29, 1.82) is 0 Å². The first-order valence-corrected chi connectivity index (χ1v) is 9.89. The summed E-state index contributed by atoms with van der Waals surface area (Å²) in [5, 5.41) is 0.970. The molecular formula is C21H20F3N5O2. The van der Waals surface area contributed by atoms with E-state index in [-0.39, 0.29) is 22.6 Å². The highest BCUT2D eigenvalue weighted by Crippen LogP contribution is 2.51. The number of ether oxygens (including phenoxy) is 1. The van der Waals surface area contributed by atoms with Gasteiger partial charge in [-0.25, -0.2) is 9.97 Å². The Hall–Kier alpha value is -3.30. The fraction of sp³-hybridized carbons (Fsp3) is 0.381. The molecule has 162 valence electrons. The monoisotopic (exact) mass is 431 g/mol. The van der Waals surface area contributed by atoms with Crippen LogP contribution in [-0.4, -0.2) is 58.3 Å². The fourth-order valence-electron chi connectivity index (χ4n) is 4.70. The second kappa shape index (κ2) is 6.86. The molecule has 1 aliphatic heterocycles. The van der Waals surface area contributed by atoms with E-state index in [1.54, 1.807) is 11.2 Å². The zero-order valence-corrected chi connectivity index (χ0v) is 16.7. The number of amides is 1. The van der Waals surface area contributed by atoms with Crippen LogP contribution < -0.4 is 9.64 Å². The van der Waals surface area contributed by atoms with E-state index in [0.29, 0.717) is 19.1 Å². The van der Waals surface area contributed by atoms with Crippen LogP contribution in [0.3, 0.4) is 0 Å². The second-order valence-electron chi connectivity index (χ2n) is 8.35. The first-order chi connectivity index (χ1) is 14.7. The van der Waals surface area contributed by atoms with E-state index in [1.807, 2.05) is 19.3 Å². The van der Waals surface area contributed by atoms with Crippen LogP contribution in [0.4, 0.5) is 19.0 Å². The summed E-state index contributed by atoms with van der Waals surface area (Å²) in [4.78, 5) is 28.3. The lowest BCUT2D eigenvalue weighted by molar-refractivity contribution is -0.274. The Labute approximate surface area is 175 Å². The highest BCUT2D eigenvalue weighted by Gasteiger charge is 2.55. The number of benzene rings is 1. The van der Waals surface area contributed by atoms with Crippen LogP contribution >= 0.6 is 0 Å². The van der Waals surface area contributed by atoms with E-state index in [4.69, 9.17) is 0 Å². The van der Waals surface area contributed by atoms with Crippen molar-refractivity contribution in [3.05, 3.63) is 48.4 Å². The number of hydrogen-bond acceptors (Lipinski definition) is 5. The summed E-state index contributed by atoms with van der Waals surface area (Å²) in [6.45, 7) is 1.20. The lowest BCUT2D eigenvalue weighted by atomic mass is 9.60. The molecule has 1 amide bonds. The summed E-state index contributed by atoms with van der Waals surface area (Å²) < 4.78 is 41.2. The first kappa shape index (κ1) is 19.7. The molecule has 31 heavy (non-hydrogen) atoms. The Morgan fingerprint density at radius 1 is 1.26 bits per heavy atom. The number of rotatable bonds is 4. The molecule has 3 aromatic rings. The Morgan fingerprint density at radius 2 is 2.03 bits per heavy atom. The topological polar surface area (TPSA) is 74.4 Å². The number of anilines is 1. The predicted octanol–water partition coefficient (Wildman–Crippen LogP) is 3.60. The molecule has 0 bridgehead atoms. The molecule has 1 saturated heterocycles. The minimum Gasteiger partial charge on any atom is -0.406 e. The Morgan fingerprint density at radius 3 is 2.77 bits per heavy atom. The molecule has 1 N–H and O–H groups in total. The van der Waals surface area contributed by atoms with Gasteiger partial charge in [0.15, 0.2) is 0 Å². The molecule has 2 fully saturated rings. The number of carbonyl (C=O) groups excluding carboxylic acids is 1. The van der Waals surface area contributed by atoms with Gasteiger partial charge < -0.3 is 19.5 Å². The number of aromatic nitrogens is 3. The van der Waals surface area contributed by atoms with E-state index in [1.165, 1.54) is 18.2 Å². The number of carbonyl (C=O) groups is 1. The van der Waals surface area contributed by atoms with Gasteiger partial charge in [0.2, 0.25) is 0 Å². The van der Waals surface area contributed by atoms with Crippen LogP contribution in [0.1, 0.15) is 23.2 Å². The minimum atomic E-state index is -4.79. The van der Waals surface area contributed by atoms with Crippen LogP contribution in [0.5, 0.6) is 5.75 Å². The number of H-pyrrole nitrogens is 1. The summed E-state index contributed by atoms with van der Waals surface area (Å²) in [6, 6.07) is 7.48. The third-order valence-electron chi connectivity index (χ3n) is 6.21. The van der Waals surface area contributed by atoms with E-state index in [0.717, 1.165) is 35.8 Å². The molecule has 0 unspecified atom stereocenters. The smallest absolute Gasteiger partial charge is 0.406 e. The van der Waals surface area contributed by atoms with Crippen molar-refractivity contribution in [3.8, 4) is 5.75 Å². The number of hydrogen-bond donors (Lipinski definition) is 1. The Bertz CT molecular complexity index is 1130. The zero-order valence-electron chi connectivity index (χ0n) is 16.7. The van der Waals surface area contributed by atoms with Crippen molar-refractivity contribution in [1.82, 2.24) is 19.9 Å². The summed E-state index contributed by atoms with van der Waals surface area (Å²) in [7, 11) is 2.01.